The van der Waals surface area contributed by atoms with Crippen LogP contribution in [-0.2, 0) is 0 Å². The quantitative estimate of drug-likeness (QED) is 0.714. The summed E-state index contributed by atoms with van der Waals surface area (Å²) in [5.74, 6) is 2.73. The van der Waals surface area contributed by atoms with E-state index in [2.05, 4.69) is 9.97 Å². The molecule has 0 saturated carbocycles. The standard InChI is InChI=1S/C20H21N3O4/c1-24-13-6-7-14(18(10-13)26-3)16-11-15(22-20(21)23-16)12-5-8-17(25-2)19(9-12)27-4/h5-11H,1-4H3,(H2,21,22,23). The average molecular weight is 367 g/mol. The lowest BCUT2D eigenvalue weighted by atomic mass is 10.1. The second-order valence-electron chi connectivity index (χ2n) is 5.63. The Kier molecular flexibility index (Phi) is 5.30. The molecule has 7 nitrogen and oxygen atoms in total. The summed E-state index contributed by atoms with van der Waals surface area (Å²) >= 11 is 0. The summed E-state index contributed by atoms with van der Waals surface area (Å²) in [5, 5.41) is 0. The molecule has 1 aromatic heterocycles. The van der Waals surface area contributed by atoms with Crippen LogP contribution in [0.4, 0.5) is 5.95 Å². The highest BCUT2D eigenvalue weighted by Crippen LogP contribution is 2.36. The van der Waals surface area contributed by atoms with Gasteiger partial charge in [0.2, 0.25) is 5.95 Å². The van der Waals surface area contributed by atoms with E-state index in [1.54, 1.807) is 34.5 Å². The number of nitrogen functional groups attached to an aromatic ring is 1. The van der Waals surface area contributed by atoms with Crippen molar-refractivity contribution in [3.63, 3.8) is 0 Å². The molecule has 0 saturated heterocycles. The Bertz CT molecular complexity index is 960. The minimum absolute atomic E-state index is 0.162. The van der Waals surface area contributed by atoms with Gasteiger partial charge in [-0.1, -0.05) is 0 Å². The zero-order chi connectivity index (χ0) is 19.4. The van der Waals surface area contributed by atoms with Crippen LogP contribution in [0.5, 0.6) is 23.0 Å². The lowest BCUT2D eigenvalue weighted by molar-refractivity contribution is 0.355. The first kappa shape index (κ1) is 18.3. The number of hydrogen-bond acceptors (Lipinski definition) is 7. The Labute approximate surface area is 157 Å². The minimum atomic E-state index is 0.162. The van der Waals surface area contributed by atoms with Crippen LogP contribution < -0.4 is 24.7 Å². The second kappa shape index (κ2) is 7.82. The Morgan fingerprint density at radius 2 is 1.37 bits per heavy atom. The lowest BCUT2D eigenvalue weighted by Gasteiger charge is -2.12. The van der Waals surface area contributed by atoms with Gasteiger partial charge in [-0.3, -0.25) is 0 Å². The highest BCUT2D eigenvalue weighted by Gasteiger charge is 2.14. The molecular formula is C20H21N3O4. The van der Waals surface area contributed by atoms with Gasteiger partial charge in [-0.2, -0.15) is 0 Å². The number of hydrogen-bond donors (Lipinski definition) is 1. The zero-order valence-corrected chi connectivity index (χ0v) is 15.6. The maximum Gasteiger partial charge on any atom is 0.221 e. The molecule has 0 spiro atoms. The molecule has 140 valence electrons. The predicted molar refractivity (Wildman–Crippen MR) is 104 cm³/mol. The van der Waals surface area contributed by atoms with Gasteiger partial charge in [0, 0.05) is 17.2 Å². The first-order valence-electron chi connectivity index (χ1n) is 8.19. The number of aromatic nitrogens is 2. The van der Waals surface area contributed by atoms with Crippen molar-refractivity contribution in [2.75, 3.05) is 34.2 Å². The fraction of sp³-hybridized carbons (Fsp3) is 0.200. The van der Waals surface area contributed by atoms with Crippen molar-refractivity contribution in [1.82, 2.24) is 9.97 Å². The molecular weight excluding hydrogens is 346 g/mol. The lowest BCUT2D eigenvalue weighted by Crippen LogP contribution is -2.00. The topological polar surface area (TPSA) is 88.7 Å². The molecule has 0 radical (unpaired) electrons. The maximum atomic E-state index is 5.96. The van der Waals surface area contributed by atoms with E-state index < -0.39 is 0 Å². The molecule has 1 heterocycles. The number of benzene rings is 2. The Balaban J connectivity index is 2.11. The van der Waals surface area contributed by atoms with E-state index in [-0.39, 0.29) is 5.95 Å². The van der Waals surface area contributed by atoms with Crippen molar-refractivity contribution >= 4 is 5.95 Å². The summed E-state index contributed by atoms with van der Waals surface area (Å²) < 4.78 is 21.4. The van der Waals surface area contributed by atoms with Gasteiger partial charge in [0.25, 0.3) is 0 Å². The molecule has 7 heteroatoms. The Morgan fingerprint density at radius 1 is 0.667 bits per heavy atom. The van der Waals surface area contributed by atoms with Gasteiger partial charge in [-0.15, -0.1) is 0 Å². The Morgan fingerprint density at radius 3 is 2.04 bits per heavy atom. The van der Waals surface area contributed by atoms with E-state index in [9.17, 15) is 0 Å². The van der Waals surface area contributed by atoms with Crippen molar-refractivity contribution in [2.24, 2.45) is 0 Å². The minimum Gasteiger partial charge on any atom is -0.497 e. The SMILES string of the molecule is COc1ccc(-c2cc(-c3ccc(OC)c(OC)c3)nc(N)n2)c(OC)c1. The number of nitrogens with two attached hydrogens (primary N) is 1. The van der Waals surface area contributed by atoms with Crippen LogP contribution in [-0.4, -0.2) is 38.4 Å². The van der Waals surface area contributed by atoms with Gasteiger partial charge in [0.05, 0.1) is 39.8 Å². The largest absolute Gasteiger partial charge is 0.497 e. The highest BCUT2D eigenvalue weighted by atomic mass is 16.5. The number of anilines is 1. The van der Waals surface area contributed by atoms with E-state index in [1.807, 2.05) is 36.4 Å². The molecule has 0 amide bonds. The molecule has 0 aliphatic carbocycles. The van der Waals surface area contributed by atoms with Crippen molar-refractivity contribution in [3.8, 4) is 45.5 Å². The van der Waals surface area contributed by atoms with Crippen LogP contribution in [0, 0.1) is 0 Å². The smallest absolute Gasteiger partial charge is 0.221 e. The third-order valence-electron chi connectivity index (χ3n) is 4.11. The normalized spacial score (nSPS) is 10.4. The van der Waals surface area contributed by atoms with Gasteiger partial charge in [-0.25, -0.2) is 9.97 Å². The molecule has 0 unspecified atom stereocenters. The van der Waals surface area contributed by atoms with Crippen molar-refractivity contribution < 1.29 is 18.9 Å². The average Bonchev–Trinajstić information content (AvgIpc) is 2.72. The van der Waals surface area contributed by atoms with Gasteiger partial charge in [-0.05, 0) is 36.4 Å². The van der Waals surface area contributed by atoms with Gasteiger partial charge in [0.15, 0.2) is 11.5 Å². The fourth-order valence-electron chi connectivity index (χ4n) is 2.76. The summed E-state index contributed by atoms with van der Waals surface area (Å²) in [7, 11) is 6.38. The monoisotopic (exact) mass is 367 g/mol. The third-order valence-corrected chi connectivity index (χ3v) is 4.11. The molecule has 0 bridgehead atoms. The molecule has 3 aromatic rings. The second-order valence-corrected chi connectivity index (χ2v) is 5.63. The van der Waals surface area contributed by atoms with Gasteiger partial charge in [0.1, 0.15) is 11.5 Å². The summed E-state index contributed by atoms with van der Waals surface area (Å²) in [6, 6.07) is 12.9. The van der Waals surface area contributed by atoms with Crippen molar-refractivity contribution in [3.05, 3.63) is 42.5 Å². The van der Waals surface area contributed by atoms with Crippen LogP contribution >= 0.6 is 0 Å². The van der Waals surface area contributed by atoms with E-state index in [1.165, 1.54) is 0 Å². The molecule has 0 aliphatic rings. The van der Waals surface area contributed by atoms with Crippen LogP contribution in [0.2, 0.25) is 0 Å². The first-order chi connectivity index (χ1) is 13.1. The fourth-order valence-corrected chi connectivity index (χ4v) is 2.76. The molecule has 0 atom stereocenters. The molecule has 2 aromatic carbocycles. The number of nitrogens with zero attached hydrogens (tertiary/aromatic N) is 2. The molecule has 0 aliphatic heterocycles. The molecule has 0 fully saturated rings. The molecule has 3 rings (SSSR count). The predicted octanol–water partition coefficient (Wildman–Crippen LogP) is 3.43. The van der Waals surface area contributed by atoms with Crippen molar-refractivity contribution in [1.29, 1.82) is 0 Å². The van der Waals surface area contributed by atoms with Crippen LogP contribution in [0.1, 0.15) is 0 Å². The third kappa shape index (κ3) is 3.72. The first-order valence-corrected chi connectivity index (χ1v) is 8.19. The van der Waals surface area contributed by atoms with Gasteiger partial charge >= 0.3 is 0 Å². The Hall–Kier alpha value is -3.48. The van der Waals surface area contributed by atoms with E-state index in [0.717, 1.165) is 11.1 Å². The van der Waals surface area contributed by atoms with E-state index >= 15 is 0 Å². The van der Waals surface area contributed by atoms with Crippen LogP contribution in [0.25, 0.3) is 22.5 Å². The summed E-state index contributed by atoms with van der Waals surface area (Å²) in [6.45, 7) is 0. The number of methoxy groups -OCH3 is 4. The highest BCUT2D eigenvalue weighted by molar-refractivity contribution is 5.74. The van der Waals surface area contributed by atoms with Gasteiger partial charge < -0.3 is 24.7 Å². The van der Waals surface area contributed by atoms with E-state index in [0.29, 0.717) is 34.4 Å². The maximum absolute atomic E-state index is 5.96. The van der Waals surface area contributed by atoms with Crippen LogP contribution in [0.3, 0.4) is 0 Å². The summed E-state index contributed by atoms with van der Waals surface area (Å²) in [4.78, 5) is 8.71. The number of rotatable bonds is 6. The summed E-state index contributed by atoms with van der Waals surface area (Å²) in [6.07, 6.45) is 0. The zero-order valence-electron chi connectivity index (χ0n) is 15.6. The molecule has 2 N–H and O–H groups in total. The van der Waals surface area contributed by atoms with Crippen molar-refractivity contribution in [2.45, 2.75) is 0 Å². The molecule has 27 heavy (non-hydrogen) atoms. The number of ether oxygens (including phenoxy) is 4. The summed E-state index contributed by atoms with van der Waals surface area (Å²) in [5.41, 5.74) is 8.89. The van der Waals surface area contributed by atoms with E-state index in [4.69, 9.17) is 24.7 Å². The van der Waals surface area contributed by atoms with Crippen LogP contribution in [0.15, 0.2) is 42.5 Å².